The monoisotopic (exact) mass is 643 g/mol. The topological polar surface area (TPSA) is 120 Å². The normalized spacial score (nSPS) is 24.1. The van der Waals surface area contributed by atoms with Crippen molar-refractivity contribution in [3.8, 4) is 0 Å². The molecule has 0 saturated carbocycles. The van der Waals surface area contributed by atoms with Crippen molar-refractivity contribution in [2.45, 2.75) is 56.3 Å². The lowest BCUT2D eigenvalue weighted by Crippen LogP contribution is -2.52. The third-order valence-corrected chi connectivity index (χ3v) is 10.3. The molecule has 12 heteroatoms. The highest BCUT2D eigenvalue weighted by Gasteiger charge is 2.40. The Labute approximate surface area is 272 Å². The van der Waals surface area contributed by atoms with E-state index < -0.39 is 6.04 Å². The number of carbonyl (C=O) groups is 3. The van der Waals surface area contributed by atoms with Gasteiger partial charge in [-0.15, -0.1) is 0 Å². The molecule has 3 atom stereocenters. The van der Waals surface area contributed by atoms with Crippen molar-refractivity contribution >= 4 is 35.0 Å². The fraction of sp³-hybridized carbons (Fsp3) is 0.441. The van der Waals surface area contributed by atoms with Crippen LogP contribution in [0.1, 0.15) is 63.7 Å². The third kappa shape index (κ3) is 5.94. The summed E-state index contributed by atoms with van der Waals surface area (Å²) in [5.41, 5.74) is 5.69. The van der Waals surface area contributed by atoms with Gasteiger partial charge in [-0.25, -0.2) is 4.68 Å². The summed E-state index contributed by atoms with van der Waals surface area (Å²) in [4.78, 5) is 55.5. The first-order valence-corrected chi connectivity index (χ1v) is 16.3. The van der Waals surface area contributed by atoms with Crippen molar-refractivity contribution in [1.29, 1.82) is 0 Å². The van der Waals surface area contributed by atoms with Crippen LogP contribution in [0.25, 0.3) is 0 Å². The minimum Gasteiger partial charge on any atom is -0.378 e. The quantitative estimate of drug-likeness (QED) is 0.377. The van der Waals surface area contributed by atoms with E-state index in [4.69, 9.17) is 11.6 Å². The number of imide groups is 1. The van der Waals surface area contributed by atoms with Gasteiger partial charge in [-0.3, -0.25) is 29.4 Å². The van der Waals surface area contributed by atoms with Crippen molar-refractivity contribution in [2.24, 2.45) is 7.05 Å². The van der Waals surface area contributed by atoms with Gasteiger partial charge >= 0.3 is 0 Å². The van der Waals surface area contributed by atoms with Gasteiger partial charge in [0.15, 0.2) is 0 Å². The number of nitrogens with one attached hydrogen (secondary N) is 2. The van der Waals surface area contributed by atoms with Gasteiger partial charge in [0.1, 0.15) is 11.1 Å². The molecule has 0 radical (unpaired) electrons. The summed E-state index contributed by atoms with van der Waals surface area (Å²) in [5, 5.41) is 10.1. The molecule has 1 aromatic heterocycles. The zero-order valence-electron chi connectivity index (χ0n) is 26.0. The highest BCUT2D eigenvalue weighted by atomic mass is 35.5. The standard InChI is InChI=1S/C34H38ClN7O4/c1-39-15-23(12-26(19-39)37-28-13-36-40(2)34(46)31(28)35)21-5-3-20(4-6-21)14-41-16-25(17-41)22-7-8-27-24(11-22)18-42(33(27)45)29-9-10-30(43)38-32(29)44/h3-8,11,13,23,25-26,29,37H,9-10,12,14-19H2,1-2H3,(H,38,43,44)/t23?,26-,29?/m1/s1. The van der Waals surface area contributed by atoms with Crippen LogP contribution < -0.4 is 16.2 Å². The van der Waals surface area contributed by atoms with Gasteiger partial charge in [0.25, 0.3) is 11.5 Å². The molecule has 3 amide bonds. The van der Waals surface area contributed by atoms with Gasteiger partial charge in [0.2, 0.25) is 11.8 Å². The number of likely N-dealkylation sites (N-methyl/N-ethyl adjacent to an activating group) is 1. The van der Waals surface area contributed by atoms with Gasteiger partial charge < -0.3 is 15.1 Å². The minimum atomic E-state index is -0.591. The number of aromatic nitrogens is 2. The zero-order chi connectivity index (χ0) is 32.1. The van der Waals surface area contributed by atoms with E-state index in [0.29, 0.717) is 36.1 Å². The van der Waals surface area contributed by atoms with E-state index >= 15 is 0 Å². The lowest BCUT2D eigenvalue weighted by molar-refractivity contribution is -0.136. The van der Waals surface area contributed by atoms with E-state index in [0.717, 1.165) is 44.7 Å². The third-order valence-electron chi connectivity index (χ3n) is 9.90. The van der Waals surface area contributed by atoms with E-state index in [9.17, 15) is 19.2 Å². The Balaban J connectivity index is 0.929. The van der Waals surface area contributed by atoms with Crippen LogP contribution >= 0.6 is 11.6 Å². The maximum atomic E-state index is 13.0. The summed E-state index contributed by atoms with van der Waals surface area (Å²) in [5.74, 6) is -0.0328. The molecule has 2 aromatic carbocycles. The van der Waals surface area contributed by atoms with E-state index in [1.54, 1.807) is 18.1 Å². The van der Waals surface area contributed by atoms with Crippen molar-refractivity contribution in [3.63, 3.8) is 0 Å². The van der Waals surface area contributed by atoms with E-state index in [-0.39, 0.29) is 40.8 Å². The predicted octanol–water partition coefficient (Wildman–Crippen LogP) is 2.69. The second-order valence-corrected chi connectivity index (χ2v) is 13.6. The summed E-state index contributed by atoms with van der Waals surface area (Å²) >= 11 is 6.31. The maximum absolute atomic E-state index is 13.0. The second-order valence-electron chi connectivity index (χ2n) is 13.2. The molecule has 240 valence electrons. The van der Waals surface area contributed by atoms with E-state index in [1.807, 2.05) is 12.1 Å². The number of likely N-dealkylation sites (tertiary alicyclic amines) is 2. The van der Waals surface area contributed by atoms with Crippen LogP contribution in [0, 0.1) is 0 Å². The molecule has 46 heavy (non-hydrogen) atoms. The molecule has 0 aliphatic carbocycles. The number of fused-ring (bicyclic) bond motifs is 1. The molecule has 2 N–H and O–H groups in total. The Bertz CT molecular complexity index is 1750. The molecule has 3 aromatic rings. The Hall–Kier alpha value is -4.06. The molecule has 7 rings (SSSR count). The Kier molecular flexibility index (Phi) is 8.16. The summed E-state index contributed by atoms with van der Waals surface area (Å²) in [6, 6.07) is 14.6. The van der Waals surface area contributed by atoms with Crippen molar-refractivity contribution in [3.05, 3.63) is 91.9 Å². The number of hydrogen-bond donors (Lipinski definition) is 2. The SMILES string of the molecule is CN1CC(c2ccc(CN3CC(c4ccc5c(c4)CN(C4CCC(=O)NC4=O)C5=O)C3)cc2)C[C@@H](Nc2cnn(C)c(=O)c2Cl)C1. The second kappa shape index (κ2) is 12.3. The van der Waals surface area contributed by atoms with Crippen LogP contribution in [0.3, 0.4) is 0 Å². The fourth-order valence-electron chi connectivity index (χ4n) is 7.41. The first kappa shape index (κ1) is 30.6. The molecule has 4 aliphatic rings. The highest BCUT2D eigenvalue weighted by Crippen LogP contribution is 2.34. The average Bonchev–Trinajstić information content (AvgIpc) is 3.34. The van der Waals surface area contributed by atoms with E-state index in [2.05, 4.69) is 62.9 Å². The van der Waals surface area contributed by atoms with Gasteiger partial charge in [-0.05, 0) is 54.1 Å². The van der Waals surface area contributed by atoms with Crippen molar-refractivity contribution < 1.29 is 14.4 Å². The number of benzene rings is 2. The predicted molar refractivity (Wildman–Crippen MR) is 174 cm³/mol. The smallest absolute Gasteiger partial charge is 0.287 e. The first-order valence-electron chi connectivity index (χ1n) is 15.9. The molecule has 11 nitrogen and oxygen atoms in total. The van der Waals surface area contributed by atoms with Crippen LogP contribution in [0.5, 0.6) is 0 Å². The number of carbonyl (C=O) groups excluding carboxylic acids is 3. The van der Waals surface area contributed by atoms with Crippen LogP contribution in [0.15, 0.2) is 53.5 Å². The Morgan fingerprint density at radius 3 is 2.48 bits per heavy atom. The number of hydrogen-bond acceptors (Lipinski definition) is 8. The Morgan fingerprint density at radius 2 is 1.72 bits per heavy atom. The van der Waals surface area contributed by atoms with Gasteiger partial charge in [-0.1, -0.05) is 48.0 Å². The maximum Gasteiger partial charge on any atom is 0.287 e. The van der Waals surface area contributed by atoms with Crippen molar-refractivity contribution in [1.82, 2.24) is 29.8 Å². The molecule has 3 saturated heterocycles. The number of nitrogens with zero attached hydrogens (tertiary/aromatic N) is 5. The number of rotatable bonds is 7. The molecule has 0 spiro atoms. The van der Waals surface area contributed by atoms with Crippen LogP contribution in [0.2, 0.25) is 5.02 Å². The number of halogens is 1. The lowest BCUT2D eigenvalue weighted by atomic mass is 9.87. The number of amides is 3. The molecule has 4 aliphatic heterocycles. The van der Waals surface area contributed by atoms with Gasteiger partial charge in [-0.2, -0.15) is 5.10 Å². The molecular weight excluding hydrogens is 606 g/mol. The molecule has 3 fully saturated rings. The zero-order valence-corrected chi connectivity index (χ0v) is 26.8. The van der Waals surface area contributed by atoms with Gasteiger partial charge in [0.05, 0.1) is 11.9 Å². The van der Waals surface area contributed by atoms with Crippen LogP contribution in [-0.2, 0) is 29.7 Å². The summed E-state index contributed by atoms with van der Waals surface area (Å²) < 4.78 is 1.24. The minimum absolute atomic E-state index is 0.133. The molecule has 2 unspecified atom stereocenters. The first-order chi connectivity index (χ1) is 22.1. The lowest BCUT2D eigenvalue weighted by Gasteiger charge is -2.40. The molecular formula is C34H38ClN7O4. The van der Waals surface area contributed by atoms with Crippen LogP contribution in [-0.4, -0.2) is 87.5 Å². The number of anilines is 1. The van der Waals surface area contributed by atoms with Gasteiger partial charge in [0, 0.05) is 70.3 Å². The average molecular weight is 644 g/mol. The number of aryl methyl sites for hydroxylation is 1. The summed E-state index contributed by atoms with van der Waals surface area (Å²) in [6.45, 7) is 5.01. The molecule has 5 heterocycles. The summed E-state index contributed by atoms with van der Waals surface area (Å²) in [6.07, 6.45) is 3.17. The number of piperidine rings is 2. The van der Waals surface area contributed by atoms with Crippen LogP contribution in [0.4, 0.5) is 5.69 Å². The largest absolute Gasteiger partial charge is 0.378 e. The highest BCUT2D eigenvalue weighted by molar-refractivity contribution is 6.32. The molecule has 0 bridgehead atoms. The van der Waals surface area contributed by atoms with E-state index in [1.165, 1.54) is 21.4 Å². The van der Waals surface area contributed by atoms with Crippen molar-refractivity contribution in [2.75, 3.05) is 38.5 Å². The Morgan fingerprint density at radius 1 is 0.957 bits per heavy atom. The fourth-order valence-corrected chi connectivity index (χ4v) is 7.63. The summed E-state index contributed by atoms with van der Waals surface area (Å²) in [7, 11) is 3.71.